The predicted octanol–water partition coefficient (Wildman–Crippen LogP) is 3.06. The molecule has 0 saturated heterocycles. The number of nitrogens with one attached hydrogen (secondary N) is 1. The Morgan fingerprint density at radius 3 is 2.30 bits per heavy atom. The van der Waals surface area contributed by atoms with E-state index < -0.39 is 0 Å². The van der Waals surface area contributed by atoms with Gasteiger partial charge in [0.05, 0.1) is 7.11 Å². The van der Waals surface area contributed by atoms with Crippen LogP contribution in [-0.2, 0) is 4.79 Å². The van der Waals surface area contributed by atoms with Crippen LogP contribution in [0.3, 0.4) is 0 Å². The zero-order chi connectivity index (χ0) is 16.2. The summed E-state index contributed by atoms with van der Waals surface area (Å²) in [6, 6.07) is 14.7. The van der Waals surface area contributed by atoms with Gasteiger partial charge in [-0.1, -0.05) is 42.5 Å². The third kappa shape index (κ3) is 3.06. The molecule has 0 radical (unpaired) electrons. The van der Waals surface area contributed by atoms with Gasteiger partial charge in [0.25, 0.3) is 11.8 Å². The molecule has 114 valence electrons. The Kier molecular flexibility index (Phi) is 4.06. The molecule has 1 aliphatic rings. The van der Waals surface area contributed by atoms with Crippen LogP contribution in [0.25, 0.3) is 11.6 Å². The summed E-state index contributed by atoms with van der Waals surface area (Å²) >= 11 is 0. The Morgan fingerprint density at radius 2 is 1.61 bits per heavy atom. The lowest BCUT2D eigenvalue weighted by atomic mass is 9.94. The molecule has 23 heavy (non-hydrogen) atoms. The van der Waals surface area contributed by atoms with E-state index >= 15 is 0 Å². The van der Waals surface area contributed by atoms with Crippen LogP contribution in [0.2, 0.25) is 0 Å². The molecular weight excluding hydrogens is 290 g/mol. The molecule has 0 fully saturated rings. The SMILES string of the molecule is COc1ccc(/C=C/C=C2\C(=O)NC(=O)c3ccccc32)cc1. The number of hydrogen-bond donors (Lipinski definition) is 1. The molecule has 0 saturated carbocycles. The highest BCUT2D eigenvalue weighted by molar-refractivity contribution is 6.31. The average molecular weight is 305 g/mol. The molecule has 3 rings (SSSR count). The summed E-state index contributed by atoms with van der Waals surface area (Å²) in [7, 11) is 1.62. The zero-order valence-electron chi connectivity index (χ0n) is 12.6. The molecule has 0 spiro atoms. The second-order valence-electron chi connectivity index (χ2n) is 5.04. The quantitative estimate of drug-likeness (QED) is 0.700. The minimum atomic E-state index is -0.381. The molecule has 1 aliphatic heterocycles. The van der Waals surface area contributed by atoms with Gasteiger partial charge in [-0.15, -0.1) is 0 Å². The minimum absolute atomic E-state index is 0.359. The van der Waals surface area contributed by atoms with E-state index in [4.69, 9.17) is 4.74 Å². The Morgan fingerprint density at radius 1 is 0.913 bits per heavy atom. The van der Waals surface area contributed by atoms with Gasteiger partial charge < -0.3 is 4.74 Å². The molecule has 1 heterocycles. The molecule has 4 heteroatoms. The van der Waals surface area contributed by atoms with E-state index in [1.165, 1.54) is 0 Å². The molecular formula is C19H15NO3. The fourth-order valence-electron chi connectivity index (χ4n) is 2.41. The predicted molar refractivity (Wildman–Crippen MR) is 88.9 cm³/mol. The molecule has 2 aromatic carbocycles. The second kappa shape index (κ2) is 6.32. The zero-order valence-corrected chi connectivity index (χ0v) is 12.6. The largest absolute Gasteiger partial charge is 0.497 e. The second-order valence-corrected chi connectivity index (χ2v) is 5.04. The van der Waals surface area contributed by atoms with Crippen molar-refractivity contribution in [2.24, 2.45) is 0 Å². The normalized spacial score (nSPS) is 15.6. The Labute approximate surface area is 134 Å². The van der Waals surface area contributed by atoms with Crippen molar-refractivity contribution >= 4 is 23.5 Å². The summed E-state index contributed by atoms with van der Waals surface area (Å²) in [6.45, 7) is 0. The number of ether oxygens (including phenoxy) is 1. The number of benzene rings is 2. The van der Waals surface area contributed by atoms with Crippen molar-refractivity contribution in [2.75, 3.05) is 7.11 Å². The van der Waals surface area contributed by atoms with Crippen LogP contribution in [0.1, 0.15) is 21.5 Å². The lowest BCUT2D eigenvalue weighted by Crippen LogP contribution is -2.36. The van der Waals surface area contributed by atoms with E-state index in [1.807, 2.05) is 36.4 Å². The minimum Gasteiger partial charge on any atom is -0.497 e. The lowest BCUT2D eigenvalue weighted by molar-refractivity contribution is -0.114. The van der Waals surface area contributed by atoms with Crippen molar-refractivity contribution in [1.82, 2.24) is 5.32 Å². The summed E-state index contributed by atoms with van der Waals surface area (Å²) in [4.78, 5) is 23.9. The van der Waals surface area contributed by atoms with E-state index in [-0.39, 0.29) is 11.8 Å². The Bertz CT molecular complexity index is 817. The maximum absolute atomic E-state index is 12.0. The topological polar surface area (TPSA) is 55.4 Å². The van der Waals surface area contributed by atoms with Gasteiger partial charge in [0.2, 0.25) is 0 Å². The molecule has 2 amide bonds. The van der Waals surface area contributed by atoms with Crippen LogP contribution in [0.5, 0.6) is 5.75 Å². The molecule has 0 aromatic heterocycles. The highest BCUT2D eigenvalue weighted by Crippen LogP contribution is 2.24. The van der Waals surface area contributed by atoms with Crippen molar-refractivity contribution < 1.29 is 14.3 Å². The van der Waals surface area contributed by atoms with Gasteiger partial charge >= 0.3 is 0 Å². The van der Waals surface area contributed by atoms with Crippen molar-refractivity contribution in [1.29, 1.82) is 0 Å². The van der Waals surface area contributed by atoms with E-state index in [9.17, 15) is 9.59 Å². The number of rotatable bonds is 3. The number of imide groups is 1. The van der Waals surface area contributed by atoms with Gasteiger partial charge in [-0.3, -0.25) is 14.9 Å². The van der Waals surface area contributed by atoms with Gasteiger partial charge in [0.15, 0.2) is 0 Å². The number of amides is 2. The summed E-state index contributed by atoms with van der Waals surface area (Å²) < 4.78 is 5.11. The lowest BCUT2D eigenvalue weighted by Gasteiger charge is -2.17. The average Bonchev–Trinajstić information content (AvgIpc) is 2.58. The molecule has 0 aliphatic carbocycles. The number of carbonyl (C=O) groups is 2. The standard InChI is InChI=1S/C19H15NO3/c1-23-14-11-9-13(10-12-14)5-4-8-17-15-6-2-3-7-16(15)18(21)20-19(17)22/h2-12H,1H3,(H,20,21,22)/b5-4+,17-8-. The van der Waals surface area contributed by atoms with Crippen LogP contribution in [-0.4, -0.2) is 18.9 Å². The first-order valence-corrected chi connectivity index (χ1v) is 7.16. The first-order chi connectivity index (χ1) is 11.2. The molecule has 0 unspecified atom stereocenters. The number of hydrogen-bond acceptors (Lipinski definition) is 3. The first-order valence-electron chi connectivity index (χ1n) is 7.16. The van der Waals surface area contributed by atoms with Crippen LogP contribution in [0, 0.1) is 0 Å². The van der Waals surface area contributed by atoms with Gasteiger partial charge in [0, 0.05) is 11.1 Å². The van der Waals surface area contributed by atoms with E-state index in [0.29, 0.717) is 16.7 Å². The molecule has 0 bridgehead atoms. The Balaban J connectivity index is 1.89. The highest BCUT2D eigenvalue weighted by Gasteiger charge is 2.25. The maximum atomic E-state index is 12.0. The Hall–Kier alpha value is -3.14. The van der Waals surface area contributed by atoms with Gasteiger partial charge in [-0.05, 0) is 35.4 Å². The van der Waals surface area contributed by atoms with Crippen LogP contribution in [0.4, 0.5) is 0 Å². The fraction of sp³-hybridized carbons (Fsp3) is 0.0526. The monoisotopic (exact) mass is 305 g/mol. The van der Waals surface area contributed by atoms with E-state index in [2.05, 4.69) is 5.32 Å². The summed E-state index contributed by atoms with van der Waals surface area (Å²) in [5, 5.41) is 2.35. The summed E-state index contributed by atoms with van der Waals surface area (Å²) in [5.41, 5.74) is 2.63. The molecule has 0 atom stereocenters. The van der Waals surface area contributed by atoms with Crippen molar-refractivity contribution in [2.45, 2.75) is 0 Å². The van der Waals surface area contributed by atoms with Crippen LogP contribution < -0.4 is 10.1 Å². The van der Waals surface area contributed by atoms with Gasteiger partial charge in [-0.25, -0.2) is 0 Å². The van der Waals surface area contributed by atoms with Gasteiger partial charge in [-0.2, -0.15) is 0 Å². The van der Waals surface area contributed by atoms with Crippen molar-refractivity contribution in [3.05, 3.63) is 77.4 Å². The van der Waals surface area contributed by atoms with E-state index in [0.717, 1.165) is 11.3 Å². The number of allylic oxidation sites excluding steroid dienone is 2. The van der Waals surface area contributed by atoms with Gasteiger partial charge in [0.1, 0.15) is 5.75 Å². The van der Waals surface area contributed by atoms with Crippen LogP contribution >= 0.6 is 0 Å². The fourth-order valence-corrected chi connectivity index (χ4v) is 2.41. The molecule has 2 aromatic rings. The number of methoxy groups -OCH3 is 1. The highest BCUT2D eigenvalue weighted by atomic mass is 16.5. The van der Waals surface area contributed by atoms with Crippen LogP contribution in [0.15, 0.2) is 60.7 Å². The van der Waals surface area contributed by atoms with Crippen molar-refractivity contribution in [3.8, 4) is 5.75 Å². The molecule has 1 N–H and O–H groups in total. The van der Waals surface area contributed by atoms with Crippen molar-refractivity contribution in [3.63, 3.8) is 0 Å². The third-order valence-corrected chi connectivity index (χ3v) is 3.60. The number of fused-ring (bicyclic) bond motifs is 1. The maximum Gasteiger partial charge on any atom is 0.258 e. The third-order valence-electron chi connectivity index (χ3n) is 3.60. The number of carbonyl (C=O) groups excluding carboxylic acids is 2. The smallest absolute Gasteiger partial charge is 0.258 e. The van der Waals surface area contributed by atoms with E-state index in [1.54, 1.807) is 37.5 Å². The molecule has 4 nitrogen and oxygen atoms in total. The summed E-state index contributed by atoms with van der Waals surface area (Å²) in [6.07, 6.45) is 5.40. The first kappa shape index (κ1) is 14.8. The summed E-state index contributed by atoms with van der Waals surface area (Å²) in [5.74, 6) is 0.0505.